The second kappa shape index (κ2) is 7.04. The van der Waals surface area contributed by atoms with E-state index in [4.69, 9.17) is 5.73 Å². The molecule has 1 aromatic rings. The van der Waals surface area contributed by atoms with Crippen LogP contribution in [-0.4, -0.2) is 24.6 Å². The summed E-state index contributed by atoms with van der Waals surface area (Å²) >= 11 is 0. The van der Waals surface area contributed by atoms with Gasteiger partial charge in [-0.15, -0.1) is 0 Å². The van der Waals surface area contributed by atoms with Crippen LogP contribution < -0.4 is 15.8 Å². The first-order valence-electron chi connectivity index (χ1n) is 5.99. The third kappa shape index (κ3) is 5.65. The summed E-state index contributed by atoms with van der Waals surface area (Å²) < 4.78 is 28.4. The maximum Gasteiger partial charge on any atom is 0.387 e. The molecule has 0 fully saturated rings. The van der Waals surface area contributed by atoms with Gasteiger partial charge in [-0.25, -0.2) is 0 Å². The van der Waals surface area contributed by atoms with Crippen LogP contribution in [0, 0.1) is 0 Å². The van der Waals surface area contributed by atoms with E-state index in [0.29, 0.717) is 6.42 Å². The van der Waals surface area contributed by atoms with Crippen molar-refractivity contribution in [3.8, 4) is 5.75 Å². The van der Waals surface area contributed by atoms with Crippen molar-refractivity contribution in [3.05, 3.63) is 29.8 Å². The molecule has 106 valence electrons. The smallest absolute Gasteiger partial charge is 0.387 e. The van der Waals surface area contributed by atoms with Crippen LogP contribution in [0.2, 0.25) is 0 Å². The number of alkyl halides is 2. The maximum atomic E-state index is 12.1. The third-order valence-corrected chi connectivity index (χ3v) is 2.42. The molecule has 1 rings (SSSR count). The molecular formula is C13H18F2N2O2. The number of nitrogens with two attached hydrogens (primary N) is 1. The number of ether oxygens (including phenoxy) is 1. The molecule has 1 amide bonds. The minimum atomic E-state index is -2.91. The molecule has 2 unspecified atom stereocenters. The van der Waals surface area contributed by atoms with E-state index in [9.17, 15) is 13.6 Å². The van der Waals surface area contributed by atoms with Crippen molar-refractivity contribution in [2.24, 2.45) is 5.73 Å². The molecule has 3 N–H and O–H groups in total. The Hall–Kier alpha value is -1.69. The summed E-state index contributed by atoms with van der Waals surface area (Å²) in [5, 5.41) is 2.75. The summed E-state index contributed by atoms with van der Waals surface area (Å²) in [5.74, 6) is -0.379. The predicted molar refractivity (Wildman–Crippen MR) is 68.3 cm³/mol. The van der Waals surface area contributed by atoms with Crippen molar-refractivity contribution in [3.63, 3.8) is 0 Å². The van der Waals surface area contributed by atoms with Gasteiger partial charge >= 0.3 is 6.61 Å². The number of hydrogen-bond donors (Lipinski definition) is 2. The molecule has 0 aliphatic carbocycles. The first-order chi connectivity index (χ1) is 8.88. The van der Waals surface area contributed by atoms with E-state index >= 15 is 0 Å². The lowest BCUT2D eigenvalue weighted by Gasteiger charge is -2.16. The number of hydrogen-bond acceptors (Lipinski definition) is 3. The van der Waals surface area contributed by atoms with Gasteiger partial charge in [-0.1, -0.05) is 6.07 Å². The second-order valence-corrected chi connectivity index (χ2v) is 4.49. The van der Waals surface area contributed by atoms with Crippen LogP contribution in [0.1, 0.15) is 30.6 Å². The van der Waals surface area contributed by atoms with Crippen molar-refractivity contribution in [1.82, 2.24) is 5.32 Å². The first-order valence-corrected chi connectivity index (χ1v) is 5.99. The molecular weight excluding hydrogens is 254 g/mol. The lowest BCUT2D eigenvalue weighted by molar-refractivity contribution is -0.0498. The lowest BCUT2D eigenvalue weighted by atomic mass is 10.1. The fourth-order valence-corrected chi connectivity index (χ4v) is 1.74. The topological polar surface area (TPSA) is 64.3 Å². The number of amides is 1. The highest BCUT2D eigenvalue weighted by Gasteiger charge is 2.12. The average molecular weight is 272 g/mol. The van der Waals surface area contributed by atoms with Crippen LogP contribution in [0.15, 0.2) is 24.3 Å². The van der Waals surface area contributed by atoms with Crippen LogP contribution in [-0.2, 0) is 0 Å². The summed E-state index contributed by atoms with van der Waals surface area (Å²) in [6.07, 6.45) is 0.638. The molecule has 1 aromatic carbocycles. The number of carbonyl (C=O) groups excluding carboxylic acids is 1. The largest absolute Gasteiger partial charge is 0.435 e. The van der Waals surface area contributed by atoms with Gasteiger partial charge in [-0.05, 0) is 38.5 Å². The molecule has 6 heteroatoms. The molecule has 4 nitrogen and oxygen atoms in total. The van der Waals surface area contributed by atoms with Crippen molar-refractivity contribution in [2.75, 3.05) is 0 Å². The summed E-state index contributed by atoms with van der Waals surface area (Å²) in [7, 11) is 0. The molecule has 0 spiro atoms. The maximum absolute atomic E-state index is 12.1. The fraction of sp³-hybridized carbons (Fsp3) is 0.462. The Labute approximate surface area is 110 Å². The van der Waals surface area contributed by atoms with Gasteiger partial charge < -0.3 is 15.8 Å². The van der Waals surface area contributed by atoms with Crippen LogP contribution in [0.25, 0.3) is 0 Å². The Kier molecular flexibility index (Phi) is 5.69. The summed E-state index contributed by atoms with van der Waals surface area (Å²) in [6.45, 7) is 0.774. The van der Waals surface area contributed by atoms with Gasteiger partial charge in [0.1, 0.15) is 5.75 Å². The number of rotatable bonds is 6. The summed E-state index contributed by atoms with van der Waals surface area (Å²) in [5.41, 5.74) is 5.90. The van der Waals surface area contributed by atoms with Crippen LogP contribution in [0.5, 0.6) is 5.75 Å². The van der Waals surface area contributed by atoms with Gasteiger partial charge in [0, 0.05) is 17.6 Å². The minimum absolute atomic E-state index is 0.0243. The SMILES string of the molecule is CC(N)CC(C)NC(=O)c1cccc(OC(F)F)c1. The average Bonchev–Trinajstić information content (AvgIpc) is 2.27. The summed E-state index contributed by atoms with van der Waals surface area (Å²) in [6, 6.07) is 5.56. The number of halogens is 2. The lowest BCUT2D eigenvalue weighted by Crippen LogP contribution is -2.36. The number of carbonyl (C=O) groups is 1. The highest BCUT2D eigenvalue weighted by molar-refractivity contribution is 5.94. The summed E-state index contributed by atoms with van der Waals surface area (Å²) in [4.78, 5) is 11.9. The molecule has 0 saturated carbocycles. The van der Waals surface area contributed by atoms with E-state index in [1.807, 2.05) is 13.8 Å². The monoisotopic (exact) mass is 272 g/mol. The van der Waals surface area contributed by atoms with Gasteiger partial charge in [0.05, 0.1) is 0 Å². The number of benzene rings is 1. The zero-order valence-corrected chi connectivity index (χ0v) is 10.9. The van der Waals surface area contributed by atoms with Gasteiger partial charge in [0.15, 0.2) is 0 Å². The van der Waals surface area contributed by atoms with E-state index in [1.165, 1.54) is 24.3 Å². The van der Waals surface area contributed by atoms with E-state index in [-0.39, 0.29) is 29.3 Å². The van der Waals surface area contributed by atoms with Gasteiger partial charge in [0.25, 0.3) is 5.91 Å². The zero-order chi connectivity index (χ0) is 14.4. The Morgan fingerprint density at radius 1 is 1.42 bits per heavy atom. The van der Waals surface area contributed by atoms with Crippen LogP contribution in [0.4, 0.5) is 8.78 Å². The van der Waals surface area contributed by atoms with Crippen LogP contribution in [0.3, 0.4) is 0 Å². The van der Waals surface area contributed by atoms with Gasteiger partial charge in [-0.2, -0.15) is 8.78 Å². The highest BCUT2D eigenvalue weighted by atomic mass is 19.3. The van der Waals surface area contributed by atoms with Crippen molar-refractivity contribution < 1.29 is 18.3 Å². The molecule has 0 bridgehead atoms. The zero-order valence-electron chi connectivity index (χ0n) is 10.9. The molecule has 0 aliphatic heterocycles. The molecule has 0 saturated heterocycles. The molecule has 0 aromatic heterocycles. The number of nitrogens with one attached hydrogen (secondary N) is 1. The standard InChI is InChI=1S/C13H18F2N2O2/c1-8(16)6-9(2)17-12(18)10-4-3-5-11(7-10)19-13(14)15/h3-5,7-9,13H,6,16H2,1-2H3,(H,17,18). The molecule has 0 radical (unpaired) electrons. The Morgan fingerprint density at radius 2 is 2.11 bits per heavy atom. The van der Waals surface area contributed by atoms with E-state index in [1.54, 1.807) is 0 Å². The molecule has 0 aliphatic rings. The molecule has 2 atom stereocenters. The van der Waals surface area contributed by atoms with Gasteiger partial charge in [-0.3, -0.25) is 4.79 Å². The Balaban J connectivity index is 2.66. The van der Waals surface area contributed by atoms with Gasteiger partial charge in [0.2, 0.25) is 0 Å². The highest BCUT2D eigenvalue weighted by Crippen LogP contribution is 2.16. The molecule has 19 heavy (non-hydrogen) atoms. The quantitative estimate of drug-likeness (QED) is 0.834. The Bertz CT molecular complexity index is 425. The van der Waals surface area contributed by atoms with E-state index in [2.05, 4.69) is 10.1 Å². The van der Waals surface area contributed by atoms with E-state index in [0.717, 1.165) is 0 Å². The van der Waals surface area contributed by atoms with Crippen LogP contribution >= 0.6 is 0 Å². The minimum Gasteiger partial charge on any atom is -0.435 e. The third-order valence-electron chi connectivity index (χ3n) is 2.42. The van der Waals surface area contributed by atoms with Crippen molar-refractivity contribution in [1.29, 1.82) is 0 Å². The fourth-order valence-electron chi connectivity index (χ4n) is 1.74. The normalized spacial score (nSPS) is 14.0. The van der Waals surface area contributed by atoms with E-state index < -0.39 is 6.61 Å². The first kappa shape index (κ1) is 15.4. The second-order valence-electron chi connectivity index (χ2n) is 4.49. The molecule has 0 heterocycles. The van der Waals surface area contributed by atoms with Crippen molar-refractivity contribution in [2.45, 2.75) is 39.0 Å². The Morgan fingerprint density at radius 3 is 2.68 bits per heavy atom. The predicted octanol–water partition coefficient (Wildman–Crippen LogP) is 2.14. The van der Waals surface area contributed by atoms with Crippen molar-refractivity contribution >= 4 is 5.91 Å².